The molecule has 0 fully saturated rings. The highest BCUT2D eigenvalue weighted by molar-refractivity contribution is 5.83. The van der Waals surface area contributed by atoms with Crippen LogP contribution in [0.5, 0.6) is 0 Å². The van der Waals surface area contributed by atoms with Gasteiger partial charge in [0, 0.05) is 18.8 Å². The van der Waals surface area contributed by atoms with E-state index in [9.17, 15) is 9.18 Å². The first-order valence-corrected chi connectivity index (χ1v) is 6.69. The molecule has 0 saturated carbocycles. The molecular formula is C15H19FN4O. The summed E-state index contributed by atoms with van der Waals surface area (Å²) >= 11 is 0. The molecule has 0 aliphatic carbocycles. The van der Waals surface area contributed by atoms with E-state index in [1.165, 1.54) is 6.07 Å². The third kappa shape index (κ3) is 3.46. The highest BCUT2D eigenvalue weighted by Gasteiger charge is 2.19. The van der Waals surface area contributed by atoms with E-state index in [0.29, 0.717) is 16.7 Å². The molecule has 1 aromatic carbocycles. The fraction of sp³-hybridized carbons (Fsp3) is 0.333. The summed E-state index contributed by atoms with van der Waals surface area (Å²) in [5.41, 5.74) is 7.80. The zero-order valence-electron chi connectivity index (χ0n) is 12.3. The molecule has 1 amide bonds. The Kier molecular flexibility index (Phi) is 4.37. The molecule has 0 spiro atoms. The number of benzene rings is 1. The summed E-state index contributed by atoms with van der Waals surface area (Å²) < 4.78 is 15.1. The van der Waals surface area contributed by atoms with Crippen LogP contribution in [-0.2, 0) is 11.8 Å². The van der Waals surface area contributed by atoms with E-state index >= 15 is 0 Å². The van der Waals surface area contributed by atoms with Crippen LogP contribution in [-0.4, -0.2) is 15.7 Å². The second kappa shape index (κ2) is 6.05. The van der Waals surface area contributed by atoms with Gasteiger partial charge in [-0.15, -0.1) is 0 Å². The van der Waals surface area contributed by atoms with E-state index in [1.807, 2.05) is 0 Å². The fourth-order valence-corrected chi connectivity index (χ4v) is 2.02. The van der Waals surface area contributed by atoms with Crippen LogP contribution in [0.3, 0.4) is 0 Å². The molecule has 2 unspecified atom stereocenters. The van der Waals surface area contributed by atoms with Gasteiger partial charge in [-0.25, -0.2) is 4.39 Å². The zero-order valence-corrected chi connectivity index (χ0v) is 12.3. The normalized spacial score (nSPS) is 13.8. The smallest absolute Gasteiger partial charge is 0.242 e. The minimum Gasteiger partial charge on any atom is -0.348 e. The molecule has 6 heteroatoms. The number of nitrogens with two attached hydrogens (primary N) is 1. The molecule has 0 aliphatic heterocycles. The molecular weight excluding hydrogens is 271 g/mol. The number of rotatable bonds is 4. The number of nitrogens with one attached hydrogen (secondary N) is 1. The lowest BCUT2D eigenvalue weighted by Gasteiger charge is -2.17. The van der Waals surface area contributed by atoms with Crippen molar-refractivity contribution in [3.8, 4) is 0 Å². The third-order valence-electron chi connectivity index (χ3n) is 3.42. The second-order valence-electron chi connectivity index (χ2n) is 5.16. The molecule has 21 heavy (non-hydrogen) atoms. The molecule has 5 nitrogen and oxygen atoms in total. The number of amides is 1. The monoisotopic (exact) mass is 290 g/mol. The lowest BCUT2D eigenvalue weighted by Crippen LogP contribution is -2.35. The molecule has 0 radical (unpaired) electrons. The van der Waals surface area contributed by atoms with E-state index in [-0.39, 0.29) is 17.8 Å². The quantitative estimate of drug-likeness (QED) is 0.901. The number of halogens is 1. The van der Waals surface area contributed by atoms with Gasteiger partial charge in [0.15, 0.2) is 0 Å². The predicted octanol–water partition coefficient (Wildman–Crippen LogP) is 1.74. The first-order chi connectivity index (χ1) is 9.88. The summed E-state index contributed by atoms with van der Waals surface area (Å²) in [6.45, 7) is 3.48. The molecule has 3 N–H and O–H groups in total. The Hall–Kier alpha value is -2.21. The summed E-state index contributed by atoms with van der Waals surface area (Å²) in [5.74, 6) is -0.610. The Morgan fingerprint density at radius 2 is 2.14 bits per heavy atom. The van der Waals surface area contributed by atoms with Gasteiger partial charge in [-0.3, -0.25) is 9.48 Å². The van der Waals surface area contributed by atoms with Crippen LogP contribution < -0.4 is 11.1 Å². The first-order valence-electron chi connectivity index (χ1n) is 6.69. The number of nitrogens with zero attached hydrogens (tertiary/aromatic N) is 2. The molecule has 1 heterocycles. The zero-order chi connectivity index (χ0) is 15.6. The van der Waals surface area contributed by atoms with Crippen molar-refractivity contribution in [2.45, 2.75) is 25.9 Å². The van der Waals surface area contributed by atoms with Gasteiger partial charge < -0.3 is 11.1 Å². The van der Waals surface area contributed by atoms with Crippen LogP contribution in [0, 0.1) is 12.7 Å². The van der Waals surface area contributed by atoms with Gasteiger partial charge in [0.05, 0.1) is 12.2 Å². The summed E-state index contributed by atoms with van der Waals surface area (Å²) in [7, 11) is 1.76. The average molecular weight is 290 g/mol. The average Bonchev–Trinajstić information content (AvgIpc) is 2.87. The van der Waals surface area contributed by atoms with E-state index in [0.717, 1.165) is 0 Å². The van der Waals surface area contributed by atoms with E-state index < -0.39 is 6.04 Å². The lowest BCUT2D eigenvalue weighted by molar-refractivity contribution is -0.123. The molecule has 0 bridgehead atoms. The minimum atomic E-state index is -0.795. The van der Waals surface area contributed by atoms with Crippen LogP contribution in [0.1, 0.15) is 35.7 Å². The number of hydrogen-bond donors (Lipinski definition) is 2. The van der Waals surface area contributed by atoms with Crippen LogP contribution in [0.15, 0.2) is 30.6 Å². The number of aryl methyl sites for hydroxylation is 2. The van der Waals surface area contributed by atoms with Crippen LogP contribution in [0.4, 0.5) is 4.39 Å². The fourth-order valence-electron chi connectivity index (χ4n) is 2.02. The predicted molar refractivity (Wildman–Crippen MR) is 77.8 cm³/mol. The third-order valence-corrected chi connectivity index (χ3v) is 3.42. The maximum atomic E-state index is 13.6. The Morgan fingerprint density at radius 3 is 2.71 bits per heavy atom. The van der Waals surface area contributed by atoms with Crippen molar-refractivity contribution in [3.63, 3.8) is 0 Å². The van der Waals surface area contributed by atoms with Gasteiger partial charge >= 0.3 is 0 Å². The highest BCUT2D eigenvalue weighted by atomic mass is 19.1. The SMILES string of the molecule is Cc1ccc(C(C)NC(=O)C(N)c2cnn(C)c2)cc1F. The summed E-state index contributed by atoms with van der Waals surface area (Å²) in [6.07, 6.45) is 3.25. The topological polar surface area (TPSA) is 72.9 Å². The molecule has 112 valence electrons. The van der Waals surface area contributed by atoms with E-state index in [4.69, 9.17) is 5.73 Å². The van der Waals surface area contributed by atoms with Crippen molar-refractivity contribution in [1.82, 2.24) is 15.1 Å². The van der Waals surface area contributed by atoms with Crippen molar-refractivity contribution in [2.24, 2.45) is 12.8 Å². The minimum absolute atomic E-state index is 0.287. The van der Waals surface area contributed by atoms with Gasteiger partial charge in [0.1, 0.15) is 11.9 Å². The maximum Gasteiger partial charge on any atom is 0.242 e. The number of hydrogen-bond acceptors (Lipinski definition) is 3. The second-order valence-corrected chi connectivity index (χ2v) is 5.16. The molecule has 2 atom stereocenters. The van der Waals surface area contributed by atoms with Gasteiger partial charge in [-0.1, -0.05) is 12.1 Å². The summed E-state index contributed by atoms with van der Waals surface area (Å²) in [5, 5.41) is 6.77. The van der Waals surface area contributed by atoms with Crippen LogP contribution >= 0.6 is 0 Å². The largest absolute Gasteiger partial charge is 0.348 e. The maximum absolute atomic E-state index is 13.6. The molecule has 2 rings (SSSR count). The molecule has 0 aliphatic rings. The Bertz CT molecular complexity index is 653. The first kappa shape index (κ1) is 15.2. The van der Waals surface area contributed by atoms with Gasteiger partial charge in [-0.05, 0) is 31.0 Å². The molecule has 2 aromatic rings. The van der Waals surface area contributed by atoms with Gasteiger partial charge in [0.25, 0.3) is 0 Å². The number of carbonyl (C=O) groups is 1. The Balaban J connectivity index is 2.06. The van der Waals surface area contributed by atoms with Crippen LogP contribution in [0.25, 0.3) is 0 Å². The van der Waals surface area contributed by atoms with Gasteiger partial charge in [-0.2, -0.15) is 5.10 Å². The highest BCUT2D eigenvalue weighted by Crippen LogP contribution is 2.17. The van der Waals surface area contributed by atoms with Crippen molar-refractivity contribution < 1.29 is 9.18 Å². The Morgan fingerprint density at radius 1 is 1.43 bits per heavy atom. The van der Waals surface area contributed by atoms with Crippen molar-refractivity contribution in [3.05, 3.63) is 53.1 Å². The standard InChI is InChI=1S/C15H19FN4O/c1-9-4-5-11(6-13(9)16)10(2)19-15(21)14(17)12-7-18-20(3)8-12/h4-8,10,14H,17H2,1-3H3,(H,19,21). The van der Waals surface area contributed by atoms with Crippen molar-refractivity contribution in [2.75, 3.05) is 0 Å². The van der Waals surface area contributed by atoms with Crippen molar-refractivity contribution >= 4 is 5.91 Å². The number of aromatic nitrogens is 2. The summed E-state index contributed by atoms with van der Waals surface area (Å²) in [4.78, 5) is 12.1. The molecule has 1 aromatic heterocycles. The molecule has 0 saturated heterocycles. The van der Waals surface area contributed by atoms with E-state index in [1.54, 1.807) is 50.1 Å². The number of carbonyl (C=O) groups excluding carboxylic acids is 1. The Labute approximate surface area is 123 Å². The van der Waals surface area contributed by atoms with Gasteiger partial charge in [0.2, 0.25) is 5.91 Å². The van der Waals surface area contributed by atoms with E-state index in [2.05, 4.69) is 10.4 Å². The summed E-state index contributed by atoms with van der Waals surface area (Å²) in [6, 6.07) is 3.79. The van der Waals surface area contributed by atoms with Crippen LogP contribution in [0.2, 0.25) is 0 Å². The lowest BCUT2D eigenvalue weighted by atomic mass is 10.0. The van der Waals surface area contributed by atoms with Crippen molar-refractivity contribution in [1.29, 1.82) is 0 Å².